The molecule has 7 nitrogen and oxygen atoms in total. The van der Waals surface area contributed by atoms with Crippen LogP contribution in [0.3, 0.4) is 0 Å². The Balaban J connectivity index is 1.28. The number of piperazine rings is 1. The zero-order valence-electron chi connectivity index (χ0n) is 16.5. The Labute approximate surface area is 179 Å². The minimum Gasteiger partial charge on any atom is -0.322 e. The molecule has 2 aromatic heterocycles. The highest BCUT2D eigenvalue weighted by molar-refractivity contribution is 7.12. The highest BCUT2D eigenvalue weighted by atomic mass is 32.1. The second-order valence-corrected chi connectivity index (χ2v) is 8.01. The van der Waals surface area contributed by atoms with Gasteiger partial charge in [0.25, 0.3) is 5.91 Å². The minimum atomic E-state index is -0.154. The van der Waals surface area contributed by atoms with Crippen molar-refractivity contribution in [2.24, 2.45) is 0 Å². The van der Waals surface area contributed by atoms with Crippen molar-refractivity contribution in [3.63, 3.8) is 0 Å². The predicted octanol–water partition coefficient (Wildman–Crippen LogP) is 3.75. The SMILES string of the molecule is O=C(Nc1cccc(NC(=O)N2CCN(Cc3ccncc3)CC2)c1)c1cccs1. The van der Waals surface area contributed by atoms with Crippen LogP contribution >= 0.6 is 11.3 Å². The molecule has 0 aliphatic carbocycles. The predicted molar refractivity (Wildman–Crippen MR) is 119 cm³/mol. The zero-order chi connectivity index (χ0) is 20.8. The van der Waals surface area contributed by atoms with Crippen molar-refractivity contribution >= 4 is 34.6 Å². The molecule has 1 aliphatic heterocycles. The summed E-state index contributed by atoms with van der Waals surface area (Å²) < 4.78 is 0. The number of nitrogens with zero attached hydrogens (tertiary/aromatic N) is 3. The van der Waals surface area contributed by atoms with Crippen molar-refractivity contribution in [3.05, 3.63) is 76.7 Å². The quantitative estimate of drug-likeness (QED) is 0.658. The number of hydrogen-bond acceptors (Lipinski definition) is 5. The maximum atomic E-state index is 12.7. The number of benzene rings is 1. The van der Waals surface area contributed by atoms with Gasteiger partial charge in [0.15, 0.2) is 0 Å². The first kappa shape index (κ1) is 20.1. The third-order valence-corrected chi connectivity index (χ3v) is 5.80. The lowest BCUT2D eigenvalue weighted by atomic mass is 10.2. The van der Waals surface area contributed by atoms with Gasteiger partial charge in [-0.2, -0.15) is 0 Å². The van der Waals surface area contributed by atoms with Crippen LogP contribution in [0.5, 0.6) is 0 Å². The van der Waals surface area contributed by atoms with E-state index in [0.717, 1.165) is 19.6 Å². The summed E-state index contributed by atoms with van der Waals surface area (Å²) in [5, 5.41) is 7.66. The molecule has 0 saturated carbocycles. The van der Waals surface area contributed by atoms with Crippen molar-refractivity contribution in [3.8, 4) is 0 Å². The number of thiophene rings is 1. The molecule has 30 heavy (non-hydrogen) atoms. The van der Waals surface area contributed by atoms with Gasteiger partial charge < -0.3 is 15.5 Å². The van der Waals surface area contributed by atoms with Gasteiger partial charge in [0.1, 0.15) is 0 Å². The first-order valence-electron chi connectivity index (χ1n) is 9.79. The van der Waals surface area contributed by atoms with Gasteiger partial charge in [0.2, 0.25) is 0 Å². The summed E-state index contributed by atoms with van der Waals surface area (Å²) in [5.74, 6) is -0.154. The molecule has 0 atom stereocenters. The van der Waals surface area contributed by atoms with Gasteiger partial charge in [-0.25, -0.2) is 4.79 Å². The first-order chi connectivity index (χ1) is 14.7. The van der Waals surface area contributed by atoms with E-state index in [1.165, 1.54) is 16.9 Å². The molecule has 3 heterocycles. The average molecular weight is 422 g/mol. The number of carbonyl (C=O) groups excluding carboxylic acids is 2. The summed E-state index contributed by atoms with van der Waals surface area (Å²) in [6.45, 7) is 3.86. The molecule has 2 N–H and O–H groups in total. The number of aromatic nitrogens is 1. The molecule has 0 bridgehead atoms. The monoisotopic (exact) mass is 421 g/mol. The van der Waals surface area contributed by atoms with Crippen molar-refractivity contribution in [1.82, 2.24) is 14.8 Å². The van der Waals surface area contributed by atoms with Crippen LogP contribution in [0.1, 0.15) is 15.2 Å². The standard InChI is InChI=1S/C22H23N5O2S/c28-21(20-5-2-14-30-20)24-18-3-1-4-19(15-18)25-22(29)27-12-10-26(11-13-27)16-17-6-8-23-9-7-17/h1-9,14-15H,10-13,16H2,(H,24,28)(H,25,29). The highest BCUT2D eigenvalue weighted by Crippen LogP contribution is 2.18. The van der Waals surface area contributed by atoms with Crippen molar-refractivity contribution < 1.29 is 9.59 Å². The average Bonchev–Trinajstić information content (AvgIpc) is 3.30. The molecule has 3 amide bonds. The van der Waals surface area contributed by atoms with Gasteiger partial charge >= 0.3 is 6.03 Å². The van der Waals surface area contributed by atoms with Crippen LogP contribution in [0.4, 0.5) is 16.2 Å². The summed E-state index contributed by atoms with van der Waals surface area (Å²) in [4.78, 5) is 33.7. The van der Waals surface area contributed by atoms with Gasteiger partial charge in [0, 0.05) is 56.5 Å². The molecule has 8 heteroatoms. The van der Waals surface area contributed by atoms with E-state index >= 15 is 0 Å². The fourth-order valence-electron chi connectivity index (χ4n) is 3.33. The van der Waals surface area contributed by atoms with Gasteiger partial charge in [-0.3, -0.25) is 14.7 Å². The summed E-state index contributed by atoms with van der Waals surface area (Å²) in [6.07, 6.45) is 3.60. The Morgan fingerprint density at radius 2 is 1.67 bits per heavy atom. The molecule has 4 rings (SSSR count). The van der Waals surface area contributed by atoms with Gasteiger partial charge in [0.05, 0.1) is 4.88 Å². The Morgan fingerprint density at radius 1 is 0.933 bits per heavy atom. The highest BCUT2D eigenvalue weighted by Gasteiger charge is 2.21. The number of pyridine rings is 1. The second-order valence-electron chi connectivity index (χ2n) is 7.06. The van der Waals surface area contributed by atoms with E-state index < -0.39 is 0 Å². The normalized spacial score (nSPS) is 14.3. The van der Waals surface area contributed by atoms with Crippen molar-refractivity contribution in [2.75, 3.05) is 36.8 Å². The number of rotatable bonds is 5. The fraction of sp³-hybridized carbons (Fsp3) is 0.227. The van der Waals surface area contributed by atoms with Crippen LogP contribution in [-0.4, -0.2) is 52.9 Å². The van der Waals surface area contributed by atoms with Gasteiger partial charge in [-0.1, -0.05) is 12.1 Å². The molecule has 154 valence electrons. The van der Waals surface area contributed by atoms with Crippen LogP contribution in [0.25, 0.3) is 0 Å². The maximum Gasteiger partial charge on any atom is 0.321 e. The number of carbonyl (C=O) groups is 2. The summed E-state index contributed by atoms with van der Waals surface area (Å²) in [5.41, 5.74) is 2.53. The maximum absolute atomic E-state index is 12.7. The Hall–Kier alpha value is -3.23. The molecule has 1 saturated heterocycles. The van der Waals surface area contributed by atoms with E-state index in [1.54, 1.807) is 30.6 Å². The van der Waals surface area contributed by atoms with Crippen LogP contribution < -0.4 is 10.6 Å². The molecular weight excluding hydrogens is 398 g/mol. The lowest BCUT2D eigenvalue weighted by Crippen LogP contribution is -2.49. The number of anilines is 2. The summed E-state index contributed by atoms with van der Waals surface area (Å²) in [7, 11) is 0. The minimum absolute atomic E-state index is 0.125. The van der Waals surface area contributed by atoms with Crippen LogP contribution in [0.2, 0.25) is 0 Å². The van der Waals surface area contributed by atoms with Crippen LogP contribution in [0, 0.1) is 0 Å². The number of hydrogen-bond donors (Lipinski definition) is 2. The largest absolute Gasteiger partial charge is 0.322 e. The van der Waals surface area contributed by atoms with E-state index in [0.29, 0.717) is 29.3 Å². The third kappa shape index (κ3) is 5.22. The molecular formula is C22H23N5O2S. The fourth-order valence-corrected chi connectivity index (χ4v) is 3.95. The number of urea groups is 1. The molecule has 0 unspecified atom stereocenters. The van der Waals surface area contributed by atoms with E-state index in [9.17, 15) is 9.59 Å². The summed E-state index contributed by atoms with van der Waals surface area (Å²) in [6, 6.07) is 14.7. The Kier molecular flexibility index (Phi) is 6.36. The Morgan fingerprint density at radius 3 is 2.37 bits per heavy atom. The lowest BCUT2D eigenvalue weighted by molar-refractivity contribution is 0.103. The van der Waals surface area contributed by atoms with Gasteiger partial charge in [-0.15, -0.1) is 11.3 Å². The third-order valence-electron chi connectivity index (χ3n) is 4.93. The van der Waals surface area contributed by atoms with Crippen molar-refractivity contribution in [1.29, 1.82) is 0 Å². The molecule has 1 aliphatic rings. The van der Waals surface area contributed by atoms with Crippen LogP contribution in [-0.2, 0) is 6.54 Å². The molecule has 1 aromatic carbocycles. The molecule has 1 fully saturated rings. The van der Waals surface area contributed by atoms with Crippen LogP contribution in [0.15, 0.2) is 66.3 Å². The van der Waals surface area contributed by atoms with E-state index in [4.69, 9.17) is 0 Å². The molecule has 3 aromatic rings. The number of nitrogens with one attached hydrogen (secondary N) is 2. The molecule has 0 spiro atoms. The van der Waals surface area contributed by atoms with Crippen molar-refractivity contribution in [2.45, 2.75) is 6.54 Å². The van der Waals surface area contributed by atoms with E-state index in [1.807, 2.05) is 40.6 Å². The van der Waals surface area contributed by atoms with E-state index in [-0.39, 0.29) is 11.9 Å². The summed E-state index contributed by atoms with van der Waals surface area (Å²) >= 11 is 1.39. The lowest BCUT2D eigenvalue weighted by Gasteiger charge is -2.34. The smallest absolute Gasteiger partial charge is 0.321 e. The topological polar surface area (TPSA) is 77.6 Å². The first-order valence-corrected chi connectivity index (χ1v) is 10.7. The van der Waals surface area contributed by atoms with Gasteiger partial charge in [-0.05, 0) is 47.3 Å². The zero-order valence-corrected chi connectivity index (χ0v) is 17.3. The molecule has 0 radical (unpaired) electrons. The van der Waals surface area contributed by atoms with E-state index in [2.05, 4.69) is 20.5 Å². The second kappa shape index (κ2) is 9.51. The number of amides is 3. The Bertz CT molecular complexity index is 986.